The molecule has 4 nitrogen and oxygen atoms in total. The molecule has 0 aliphatic carbocycles. The van der Waals surface area contributed by atoms with Gasteiger partial charge in [0.1, 0.15) is 11.5 Å². The third-order valence-corrected chi connectivity index (χ3v) is 3.76. The zero-order chi connectivity index (χ0) is 19.3. The van der Waals surface area contributed by atoms with Gasteiger partial charge in [-0.05, 0) is 56.4 Å². The molecule has 8 heteroatoms. The fourth-order valence-electron chi connectivity index (χ4n) is 2.37. The number of aryl methyl sites for hydroxylation is 1. The van der Waals surface area contributed by atoms with E-state index in [1.165, 1.54) is 24.3 Å². The maximum Gasteiger partial charge on any atom is 0.573 e. The Balaban J connectivity index is 1.99. The van der Waals surface area contributed by atoms with Crippen molar-refractivity contribution in [2.45, 2.75) is 26.3 Å². The van der Waals surface area contributed by atoms with Crippen LogP contribution < -0.4 is 20.1 Å². The van der Waals surface area contributed by atoms with Gasteiger partial charge in [-0.2, -0.15) is 0 Å². The summed E-state index contributed by atoms with van der Waals surface area (Å²) < 4.78 is 45.7. The van der Waals surface area contributed by atoms with Crippen LogP contribution in [0, 0.1) is 6.92 Å². The molecule has 0 fully saturated rings. The van der Waals surface area contributed by atoms with Crippen LogP contribution in [0.15, 0.2) is 42.5 Å². The molecule has 26 heavy (non-hydrogen) atoms. The molecule has 140 valence electrons. The van der Waals surface area contributed by atoms with E-state index in [0.29, 0.717) is 10.8 Å². The smallest absolute Gasteiger partial charge is 0.496 e. The van der Waals surface area contributed by atoms with E-state index < -0.39 is 6.36 Å². The average Bonchev–Trinajstić information content (AvgIpc) is 2.55. The Labute approximate surface area is 155 Å². The summed E-state index contributed by atoms with van der Waals surface area (Å²) in [5.74, 6) is 0.451. The molecule has 0 radical (unpaired) electrons. The molecule has 0 unspecified atom stereocenters. The first-order valence-electron chi connectivity index (χ1n) is 7.76. The zero-order valence-electron chi connectivity index (χ0n) is 14.5. The number of benzene rings is 2. The fraction of sp³-hybridized carbons (Fsp3) is 0.278. The Morgan fingerprint density at radius 2 is 1.77 bits per heavy atom. The van der Waals surface area contributed by atoms with Crippen molar-refractivity contribution in [3.63, 3.8) is 0 Å². The quantitative estimate of drug-likeness (QED) is 0.714. The number of rotatable bonds is 5. The number of hydrogen-bond donors (Lipinski definition) is 2. The van der Waals surface area contributed by atoms with Gasteiger partial charge in [-0.15, -0.1) is 13.2 Å². The molecule has 2 rings (SSSR count). The van der Waals surface area contributed by atoms with Crippen molar-refractivity contribution in [1.82, 2.24) is 5.32 Å². The second-order valence-electron chi connectivity index (χ2n) is 5.64. The van der Waals surface area contributed by atoms with E-state index >= 15 is 0 Å². The van der Waals surface area contributed by atoms with Crippen LogP contribution in [0.1, 0.15) is 24.1 Å². The third kappa shape index (κ3) is 5.80. The first-order valence-corrected chi connectivity index (χ1v) is 8.16. The minimum atomic E-state index is -4.71. The zero-order valence-corrected chi connectivity index (χ0v) is 15.3. The van der Waals surface area contributed by atoms with Crippen molar-refractivity contribution in [2.75, 3.05) is 12.4 Å². The van der Waals surface area contributed by atoms with Gasteiger partial charge in [0, 0.05) is 11.3 Å². The van der Waals surface area contributed by atoms with Gasteiger partial charge in [0.15, 0.2) is 5.11 Å². The lowest BCUT2D eigenvalue weighted by atomic mass is 10.0. The van der Waals surface area contributed by atoms with Crippen molar-refractivity contribution in [3.05, 3.63) is 53.6 Å². The lowest BCUT2D eigenvalue weighted by molar-refractivity contribution is -0.274. The van der Waals surface area contributed by atoms with Gasteiger partial charge in [-0.1, -0.05) is 17.7 Å². The molecule has 2 aromatic rings. The van der Waals surface area contributed by atoms with Crippen molar-refractivity contribution < 1.29 is 22.6 Å². The summed E-state index contributed by atoms with van der Waals surface area (Å²) >= 11 is 5.27. The fourth-order valence-corrected chi connectivity index (χ4v) is 2.67. The number of anilines is 1. The van der Waals surface area contributed by atoms with Gasteiger partial charge >= 0.3 is 6.36 Å². The highest BCUT2D eigenvalue weighted by molar-refractivity contribution is 7.80. The van der Waals surface area contributed by atoms with Crippen molar-refractivity contribution in [1.29, 1.82) is 0 Å². The normalized spacial score (nSPS) is 12.2. The van der Waals surface area contributed by atoms with Gasteiger partial charge < -0.3 is 20.1 Å². The van der Waals surface area contributed by atoms with E-state index in [2.05, 4.69) is 15.4 Å². The Kier molecular flexibility index (Phi) is 6.31. The Hall–Kier alpha value is -2.48. The van der Waals surface area contributed by atoms with E-state index in [4.69, 9.17) is 17.0 Å². The van der Waals surface area contributed by atoms with E-state index in [0.717, 1.165) is 16.9 Å². The van der Waals surface area contributed by atoms with Crippen LogP contribution in [0.4, 0.5) is 18.9 Å². The van der Waals surface area contributed by atoms with Crippen LogP contribution in [0.25, 0.3) is 0 Å². The predicted octanol–water partition coefficient (Wildman–Crippen LogP) is 4.95. The highest BCUT2D eigenvalue weighted by Crippen LogP contribution is 2.27. The Bertz CT molecular complexity index is 764. The highest BCUT2D eigenvalue weighted by atomic mass is 32.1. The molecule has 0 saturated carbocycles. The van der Waals surface area contributed by atoms with Gasteiger partial charge in [-0.25, -0.2) is 0 Å². The molecule has 1 atom stereocenters. The molecule has 0 amide bonds. The molecule has 2 aromatic carbocycles. The minimum Gasteiger partial charge on any atom is -0.496 e. The summed E-state index contributed by atoms with van der Waals surface area (Å²) in [6.07, 6.45) is -4.71. The number of nitrogens with one attached hydrogen (secondary N) is 2. The monoisotopic (exact) mass is 384 g/mol. The number of alkyl halides is 3. The lowest BCUT2D eigenvalue weighted by Crippen LogP contribution is -2.31. The van der Waals surface area contributed by atoms with E-state index in [1.807, 2.05) is 32.0 Å². The number of thiocarbonyl (C=S) groups is 1. The number of methoxy groups -OCH3 is 1. The van der Waals surface area contributed by atoms with Crippen LogP contribution in [-0.2, 0) is 0 Å². The van der Waals surface area contributed by atoms with Crippen molar-refractivity contribution >= 4 is 23.0 Å². The molecule has 0 spiro atoms. The molecule has 2 N–H and O–H groups in total. The number of halogens is 3. The topological polar surface area (TPSA) is 42.5 Å². The van der Waals surface area contributed by atoms with Crippen molar-refractivity contribution in [3.8, 4) is 11.5 Å². The van der Waals surface area contributed by atoms with Crippen LogP contribution in [0.5, 0.6) is 11.5 Å². The standard InChI is InChI=1S/C18H19F3N2O2S/c1-11-4-9-16(24-3)15(10-11)12(2)22-17(26)23-13-5-7-14(8-6-13)25-18(19,20)21/h4-10,12H,1-3H3,(H2,22,23,26)/t12-/m0/s1. The summed E-state index contributed by atoms with van der Waals surface area (Å²) in [6.45, 7) is 3.92. The molecule has 0 heterocycles. The number of hydrogen-bond acceptors (Lipinski definition) is 3. The largest absolute Gasteiger partial charge is 0.573 e. The Morgan fingerprint density at radius 3 is 2.35 bits per heavy atom. The van der Waals surface area contributed by atoms with E-state index in [1.54, 1.807) is 7.11 Å². The average molecular weight is 384 g/mol. The summed E-state index contributed by atoms with van der Waals surface area (Å²) in [7, 11) is 1.60. The van der Waals surface area contributed by atoms with Gasteiger partial charge in [0.05, 0.1) is 13.2 Å². The molecule has 0 aliphatic heterocycles. The molecule has 0 aromatic heterocycles. The molecule has 0 aliphatic rings. The van der Waals surface area contributed by atoms with Gasteiger partial charge in [0.25, 0.3) is 0 Å². The summed E-state index contributed by atoms with van der Waals surface area (Å²) in [6, 6.07) is 11.0. The van der Waals surface area contributed by atoms with Gasteiger partial charge in [0.2, 0.25) is 0 Å². The summed E-state index contributed by atoms with van der Waals surface area (Å²) in [4.78, 5) is 0. The molecule has 0 bridgehead atoms. The van der Waals surface area contributed by atoms with E-state index in [-0.39, 0.29) is 11.8 Å². The molecule has 0 saturated heterocycles. The maximum absolute atomic E-state index is 12.2. The van der Waals surface area contributed by atoms with Crippen LogP contribution in [0.3, 0.4) is 0 Å². The first-order chi connectivity index (χ1) is 12.2. The molecular weight excluding hydrogens is 365 g/mol. The lowest BCUT2D eigenvalue weighted by Gasteiger charge is -2.20. The van der Waals surface area contributed by atoms with Crippen molar-refractivity contribution in [2.24, 2.45) is 0 Å². The maximum atomic E-state index is 12.2. The van der Waals surface area contributed by atoms with Gasteiger partial charge in [-0.3, -0.25) is 0 Å². The van der Waals surface area contributed by atoms with Crippen LogP contribution >= 0.6 is 12.2 Å². The SMILES string of the molecule is COc1ccc(C)cc1[C@H](C)NC(=S)Nc1ccc(OC(F)(F)F)cc1. The highest BCUT2D eigenvalue weighted by Gasteiger charge is 2.30. The third-order valence-electron chi connectivity index (χ3n) is 3.55. The molecular formula is C18H19F3N2O2S. The van der Waals surface area contributed by atoms with Crippen LogP contribution in [0.2, 0.25) is 0 Å². The van der Waals surface area contributed by atoms with E-state index in [9.17, 15) is 13.2 Å². The van der Waals surface area contributed by atoms with Crippen LogP contribution in [-0.4, -0.2) is 18.6 Å². The Morgan fingerprint density at radius 1 is 1.12 bits per heavy atom. The summed E-state index contributed by atoms with van der Waals surface area (Å²) in [5, 5.41) is 6.39. The first kappa shape index (κ1) is 19.8. The number of ether oxygens (including phenoxy) is 2. The second-order valence-corrected chi connectivity index (χ2v) is 6.05. The minimum absolute atomic E-state index is 0.127. The summed E-state index contributed by atoms with van der Waals surface area (Å²) in [5.41, 5.74) is 2.58. The predicted molar refractivity (Wildman–Crippen MR) is 98.6 cm³/mol. The second kappa shape index (κ2) is 8.27.